The number of rotatable bonds is 11. The maximum atomic E-state index is 10.9. The number of nitrogens with one attached hydrogen (secondary N) is 1. The van der Waals surface area contributed by atoms with Crippen molar-refractivity contribution in [2.24, 2.45) is 11.5 Å². The van der Waals surface area contributed by atoms with Crippen LogP contribution in [-0.4, -0.2) is 64.4 Å². The van der Waals surface area contributed by atoms with E-state index < -0.39 is 11.9 Å². The topological polar surface area (TPSA) is 191 Å². The summed E-state index contributed by atoms with van der Waals surface area (Å²) < 4.78 is 9.96. The summed E-state index contributed by atoms with van der Waals surface area (Å²) in [5.41, 5.74) is 14.4. The van der Waals surface area contributed by atoms with E-state index in [1.54, 1.807) is 38.5 Å². The second-order valence-corrected chi connectivity index (χ2v) is 11.6. The molecule has 0 spiro atoms. The lowest BCUT2D eigenvalue weighted by molar-refractivity contribution is -0.107. The van der Waals surface area contributed by atoms with Gasteiger partial charge in [-0.25, -0.2) is 4.79 Å². The number of nitrogens with zero attached hydrogens (tertiary/aromatic N) is 1. The van der Waals surface area contributed by atoms with Crippen LogP contribution >= 0.6 is 0 Å². The number of aryl methyl sites for hydroxylation is 2. The summed E-state index contributed by atoms with van der Waals surface area (Å²) in [6.45, 7) is 4.28. The molecule has 0 heterocycles. The van der Waals surface area contributed by atoms with Gasteiger partial charge in [0.15, 0.2) is 0 Å². The molecule has 0 aliphatic rings. The number of hydrogen-bond acceptors (Lipinski definition) is 8. The third kappa shape index (κ3) is 22.9. The molecule has 0 unspecified atom stereocenters. The van der Waals surface area contributed by atoms with Crippen LogP contribution in [0, 0.1) is 6.92 Å². The Kier molecular flexibility index (Phi) is 26.7. The number of carboxylic acid groups (broad SMARTS) is 1. The molecule has 56 heavy (non-hydrogen) atoms. The molecule has 6 N–H and O–H groups in total. The van der Waals surface area contributed by atoms with Gasteiger partial charge in [0.25, 0.3) is 0 Å². The van der Waals surface area contributed by atoms with E-state index in [1.165, 1.54) is 47.9 Å². The first-order chi connectivity index (χ1) is 26.9. The van der Waals surface area contributed by atoms with Gasteiger partial charge in [0.1, 0.15) is 17.8 Å². The van der Waals surface area contributed by atoms with E-state index in [1.807, 2.05) is 56.6 Å². The van der Waals surface area contributed by atoms with E-state index in [0.717, 1.165) is 17.2 Å². The first-order valence-corrected chi connectivity index (χ1v) is 17.4. The van der Waals surface area contributed by atoms with Crippen LogP contribution in [0.15, 0.2) is 127 Å². The van der Waals surface area contributed by atoms with E-state index in [4.69, 9.17) is 25.1 Å². The van der Waals surface area contributed by atoms with Crippen molar-refractivity contribution >= 4 is 42.4 Å². The maximum absolute atomic E-state index is 10.9. The molecule has 0 saturated heterocycles. The molecule has 298 valence electrons. The lowest BCUT2D eigenvalue weighted by Crippen LogP contribution is -2.13. The van der Waals surface area contributed by atoms with Crippen LogP contribution in [0.5, 0.6) is 11.5 Å². The molecule has 0 fully saturated rings. The molecule has 12 nitrogen and oxygen atoms in total. The zero-order valence-corrected chi connectivity index (χ0v) is 32.9. The third-order valence-corrected chi connectivity index (χ3v) is 7.07. The molecule has 0 aliphatic carbocycles. The number of carbonyl (C=O) groups is 5. The number of aldehydes is 1. The Balaban J connectivity index is 0.000000675. The lowest BCUT2D eigenvalue weighted by Gasteiger charge is -2.11. The van der Waals surface area contributed by atoms with Crippen molar-refractivity contribution in [1.29, 1.82) is 0 Å². The summed E-state index contributed by atoms with van der Waals surface area (Å²) in [5, 5.41) is 11.3. The highest BCUT2D eigenvalue weighted by Crippen LogP contribution is 2.17. The van der Waals surface area contributed by atoms with Crippen LogP contribution in [0.1, 0.15) is 50.8 Å². The number of methoxy groups -OCH3 is 2. The van der Waals surface area contributed by atoms with Gasteiger partial charge < -0.3 is 41.1 Å². The largest absolute Gasteiger partial charge is 0.497 e. The van der Waals surface area contributed by atoms with E-state index in [0.29, 0.717) is 18.3 Å². The summed E-state index contributed by atoms with van der Waals surface area (Å²) >= 11 is 0. The highest BCUT2D eigenvalue weighted by atomic mass is 16.5. The fourth-order valence-corrected chi connectivity index (χ4v) is 4.28. The number of anilines is 2. The van der Waals surface area contributed by atoms with Crippen LogP contribution < -0.4 is 31.2 Å². The summed E-state index contributed by atoms with van der Waals surface area (Å²) in [6.07, 6.45) is 4.03. The Hall–Kier alpha value is -6.95. The number of carbonyl (C=O) groups excluding carboxylic acids is 4. The number of primary amides is 2. The SMILES string of the molecule is CCCc1ccccc1.COc1ccc(N(C)C)cc1.COc1ccc(NC=O)cc1.Cc1ccccc1.NC(=O)c1cc(CC=O)cc(C(=O)O)c1.NC=O. The highest BCUT2D eigenvalue weighted by Gasteiger charge is 2.09. The number of nitrogens with two attached hydrogens (primary N) is 2. The molecule has 0 saturated carbocycles. The van der Waals surface area contributed by atoms with Gasteiger partial charge in [-0.05, 0) is 91.2 Å². The first kappa shape index (κ1) is 49.0. The fourth-order valence-electron chi connectivity index (χ4n) is 4.28. The minimum absolute atomic E-state index is 0.0526. The Labute approximate surface area is 330 Å². The van der Waals surface area contributed by atoms with E-state index >= 15 is 0 Å². The molecule has 0 bridgehead atoms. The van der Waals surface area contributed by atoms with E-state index in [2.05, 4.69) is 72.3 Å². The van der Waals surface area contributed by atoms with Crippen molar-refractivity contribution in [3.05, 3.63) is 155 Å². The van der Waals surface area contributed by atoms with Crippen LogP contribution in [-0.2, 0) is 27.2 Å². The average molecular weight is 767 g/mol. The fraction of sp³-hybridized carbons (Fsp3) is 0.205. The Morgan fingerprint density at radius 2 is 1.21 bits per heavy atom. The van der Waals surface area contributed by atoms with Crippen molar-refractivity contribution in [1.82, 2.24) is 0 Å². The normalized spacial score (nSPS) is 8.96. The summed E-state index contributed by atoms with van der Waals surface area (Å²) in [6, 6.07) is 39.8. The highest BCUT2D eigenvalue weighted by molar-refractivity contribution is 5.97. The number of benzene rings is 5. The third-order valence-electron chi connectivity index (χ3n) is 7.07. The predicted molar refractivity (Wildman–Crippen MR) is 224 cm³/mol. The number of carboxylic acids is 1. The molecule has 5 aromatic rings. The molecule has 0 aromatic heterocycles. The maximum Gasteiger partial charge on any atom is 0.335 e. The van der Waals surface area contributed by atoms with Gasteiger partial charge in [0, 0.05) is 37.5 Å². The van der Waals surface area contributed by atoms with E-state index in [-0.39, 0.29) is 24.0 Å². The summed E-state index contributed by atoms with van der Waals surface area (Å²) in [7, 11) is 7.30. The molecular weight excluding hydrogens is 713 g/mol. The molecule has 5 rings (SSSR count). The number of aromatic carboxylic acids is 1. The Bertz CT molecular complexity index is 1790. The van der Waals surface area contributed by atoms with Gasteiger partial charge in [-0.2, -0.15) is 0 Å². The number of amides is 3. The van der Waals surface area contributed by atoms with Crippen LogP contribution in [0.25, 0.3) is 0 Å². The molecule has 0 atom stereocenters. The number of ether oxygens (including phenoxy) is 2. The smallest absolute Gasteiger partial charge is 0.335 e. The minimum Gasteiger partial charge on any atom is -0.497 e. The zero-order valence-electron chi connectivity index (χ0n) is 32.9. The van der Waals surface area contributed by atoms with Crippen LogP contribution in [0.2, 0.25) is 0 Å². The lowest BCUT2D eigenvalue weighted by atomic mass is 10.0. The van der Waals surface area contributed by atoms with Gasteiger partial charge in [0.05, 0.1) is 19.8 Å². The van der Waals surface area contributed by atoms with Crippen molar-refractivity contribution in [2.45, 2.75) is 33.1 Å². The van der Waals surface area contributed by atoms with Gasteiger partial charge in [0.2, 0.25) is 18.7 Å². The van der Waals surface area contributed by atoms with Crippen molar-refractivity contribution in [2.75, 3.05) is 38.5 Å². The molecule has 3 amide bonds. The molecule has 5 aromatic carbocycles. The van der Waals surface area contributed by atoms with Gasteiger partial charge in [-0.1, -0.05) is 79.6 Å². The van der Waals surface area contributed by atoms with Gasteiger partial charge >= 0.3 is 5.97 Å². The van der Waals surface area contributed by atoms with Crippen molar-refractivity contribution in [3.63, 3.8) is 0 Å². The molecule has 0 aliphatic heterocycles. The minimum atomic E-state index is -1.16. The van der Waals surface area contributed by atoms with Gasteiger partial charge in [-0.3, -0.25) is 14.4 Å². The predicted octanol–water partition coefficient (Wildman–Crippen LogP) is 6.99. The first-order valence-electron chi connectivity index (χ1n) is 17.4. The second-order valence-electron chi connectivity index (χ2n) is 11.6. The van der Waals surface area contributed by atoms with E-state index in [9.17, 15) is 19.2 Å². The Morgan fingerprint density at radius 1 is 0.732 bits per heavy atom. The summed E-state index contributed by atoms with van der Waals surface area (Å²) in [5.74, 6) is -0.201. The zero-order chi connectivity index (χ0) is 42.1. The van der Waals surface area contributed by atoms with Gasteiger partial charge in [-0.15, -0.1) is 0 Å². The van der Waals surface area contributed by atoms with Crippen LogP contribution in [0.3, 0.4) is 0 Å². The molecule has 12 heteroatoms. The number of hydrogen-bond donors (Lipinski definition) is 4. The van der Waals surface area contributed by atoms with Crippen molar-refractivity contribution < 1.29 is 38.6 Å². The Morgan fingerprint density at radius 3 is 1.59 bits per heavy atom. The van der Waals surface area contributed by atoms with Crippen molar-refractivity contribution in [3.8, 4) is 11.5 Å². The second kappa shape index (κ2) is 30.5. The molecular formula is C44H54N4O8. The molecule has 0 radical (unpaired) electrons. The summed E-state index contributed by atoms with van der Waals surface area (Å²) in [4.78, 5) is 52.5. The monoisotopic (exact) mass is 766 g/mol. The standard InChI is InChI=1S/C10H9NO4.C9H13NO.C9H12.C8H9NO2.C7H8.CH3NO/c11-9(13)7-3-6(1-2-12)4-8(5-7)10(14)15;1-10(2)8-4-6-9(11-3)7-5-8;1-2-6-9-7-4-3-5-8-9;1-11-8-4-2-7(3-5-8)9-6-10;1-7-5-3-2-4-6-7;2-1-3/h2-5H,1H2,(H2,11,13)(H,14,15);4-7H,1-3H3;3-5,7-8H,2,6H2,1H3;2-6H,1H3,(H,9,10);2-6H,1H3;1H,(H2,2,3). The average Bonchev–Trinajstić information content (AvgIpc) is 3.20. The quantitative estimate of drug-likeness (QED) is 0.103. The van der Waals surface area contributed by atoms with Crippen LogP contribution in [0.4, 0.5) is 11.4 Å².